The number of carbonyl (C=O) groups is 1. The van der Waals surface area contributed by atoms with Gasteiger partial charge < -0.3 is 34.3 Å². The molecule has 0 saturated carbocycles. The first-order valence-corrected chi connectivity index (χ1v) is 28.1. The molecule has 2 aliphatic rings. The fourth-order valence-corrected chi connectivity index (χ4v) is 11.1. The third-order valence-corrected chi connectivity index (χ3v) is 16.6. The molecular weight excluding hydrogens is 1130 g/mol. The third-order valence-electron chi connectivity index (χ3n) is 14.6. The molecule has 7 aromatic rings. The smallest absolute Gasteiger partial charge is 0.193 e. The van der Waals surface area contributed by atoms with E-state index in [2.05, 4.69) is 263 Å². The summed E-state index contributed by atoms with van der Waals surface area (Å²) in [6.07, 6.45) is 1.94. The van der Waals surface area contributed by atoms with Crippen LogP contribution in [0, 0.1) is 0 Å². The molecule has 0 atom stereocenters. The third kappa shape index (κ3) is 13.7. The fourth-order valence-electron chi connectivity index (χ4n) is 9.72. The van der Waals surface area contributed by atoms with Crippen molar-refractivity contribution < 1.29 is 4.79 Å². The zero-order chi connectivity index (χ0) is 56.1. The highest BCUT2D eigenvalue weighted by molar-refractivity contribution is 9.11. The van der Waals surface area contributed by atoms with Gasteiger partial charge in [-0.3, -0.25) is 4.79 Å². The lowest BCUT2D eigenvalue weighted by atomic mass is 9.68. The van der Waals surface area contributed by atoms with Crippen LogP contribution in [0.15, 0.2) is 147 Å². The Hall–Kier alpha value is -5.75. The first kappa shape index (κ1) is 59.5. The van der Waals surface area contributed by atoms with Gasteiger partial charge >= 0.3 is 0 Å². The van der Waals surface area contributed by atoms with Crippen LogP contribution in [-0.4, -0.2) is 104 Å². The van der Waals surface area contributed by atoms with E-state index in [1.165, 1.54) is 61.8 Å². The highest BCUT2D eigenvalue weighted by atomic mass is 79.9. The maximum Gasteiger partial charge on any atom is 0.193 e. The molecule has 0 saturated heterocycles. The van der Waals surface area contributed by atoms with Gasteiger partial charge in [-0.1, -0.05) is 106 Å². The van der Waals surface area contributed by atoms with Gasteiger partial charge in [-0.25, -0.2) is 0 Å². The summed E-state index contributed by atoms with van der Waals surface area (Å²) >= 11 is 10.8. The summed E-state index contributed by atoms with van der Waals surface area (Å²) in [5.41, 5.74) is 20.5. The minimum atomic E-state index is -0.198. The molecule has 0 radical (unpaired) electrons. The van der Waals surface area contributed by atoms with E-state index in [9.17, 15) is 4.79 Å². The van der Waals surface area contributed by atoms with Crippen LogP contribution < -0.4 is 34.3 Å². The normalized spacial score (nSPS) is 13.0. The van der Waals surface area contributed by atoms with Crippen LogP contribution in [-0.2, 0) is 23.7 Å². The number of anilines is 7. The van der Waals surface area contributed by atoms with Crippen molar-refractivity contribution in [3.63, 3.8) is 0 Å². The molecule has 0 aliphatic heterocycles. The van der Waals surface area contributed by atoms with Crippen LogP contribution in [0.3, 0.4) is 0 Å². The van der Waals surface area contributed by atoms with Crippen LogP contribution in [0.1, 0.15) is 88.1 Å². The molecule has 0 aromatic heterocycles. The second kappa shape index (κ2) is 24.7. The Balaban J connectivity index is 0.000000170. The van der Waals surface area contributed by atoms with Gasteiger partial charge in [0.1, 0.15) is 0 Å². The number of ketones is 1. The topological polar surface area (TPSA) is 39.8 Å². The van der Waals surface area contributed by atoms with Crippen LogP contribution in [0.5, 0.6) is 0 Å². The molecule has 9 rings (SSSR count). The number of halogens is 3. The maximum absolute atomic E-state index is 12.9. The number of carbonyl (C=O) groups excluding carboxylic acids is 1. The summed E-state index contributed by atoms with van der Waals surface area (Å²) in [7, 11) is 28.8. The highest BCUT2D eigenvalue weighted by Gasteiger charge is 2.37. The molecule has 0 unspecified atom stereocenters. The van der Waals surface area contributed by atoms with Crippen molar-refractivity contribution in [1.82, 2.24) is 0 Å². The van der Waals surface area contributed by atoms with E-state index in [-0.39, 0.29) is 16.6 Å². The van der Waals surface area contributed by atoms with Crippen LogP contribution in [0.25, 0.3) is 0 Å². The second-order valence-electron chi connectivity index (χ2n) is 22.4. The van der Waals surface area contributed by atoms with E-state index in [0.717, 1.165) is 59.9 Å². The van der Waals surface area contributed by atoms with E-state index in [4.69, 9.17) is 0 Å². The molecule has 8 nitrogen and oxygen atoms in total. The number of benzene rings is 7. The first-order valence-electron chi connectivity index (χ1n) is 25.8. The van der Waals surface area contributed by atoms with Crippen molar-refractivity contribution in [2.75, 3.05) is 133 Å². The standard InChI is InChI=1S/C20H24N2O.C20H26N2.C17H20Br2N2.C8H10BrN/c1-20(2)17-11-13(21(3)4)7-9-15(17)19(23)16-10-8-14(22(5)6)12-18(16)20;1-20(2)18-12-16(21(3)4)9-7-14(18)11-15-8-10-17(22(5)6)13-19(15)20;1-20(2)14-7-5-12(16(18)10-14)9-13-6-8-15(21(3)4)11-17(13)19;1-10(2)8-5-3-4-7(9)6-8/h7-12H,1-6H3;7-10,12-13H,11H2,1-6H3;5-8,10-11H,9H2,1-4H3;3-6H,1-2H3. The lowest BCUT2D eigenvalue weighted by Crippen LogP contribution is -2.31. The molecule has 0 heterocycles. The van der Waals surface area contributed by atoms with Gasteiger partial charge in [0.15, 0.2) is 5.78 Å². The van der Waals surface area contributed by atoms with Gasteiger partial charge in [0.2, 0.25) is 0 Å². The fraction of sp³-hybridized carbons (Fsp3) is 0.338. The van der Waals surface area contributed by atoms with E-state index in [0.29, 0.717) is 0 Å². The number of nitrogens with zero attached hydrogens (tertiary/aromatic N) is 7. The van der Waals surface area contributed by atoms with Crippen molar-refractivity contribution in [3.05, 3.63) is 203 Å². The molecule has 2 aliphatic carbocycles. The molecule has 0 bridgehead atoms. The number of rotatable bonds is 9. The quantitative estimate of drug-likeness (QED) is 0.142. The highest BCUT2D eigenvalue weighted by Crippen LogP contribution is 2.45. The average molecular weight is 1220 g/mol. The predicted molar refractivity (Wildman–Crippen MR) is 342 cm³/mol. The predicted octanol–water partition coefficient (Wildman–Crippen LogP) is 15.2. The zero-order valence-corrected chi connectivity index (χ0v) is 53.0. The minimum absolute atomic E-state index is 0.0426. The molecule has 11 heteroatoms. The number of fused-ring (bicyclic) bond motifs is 4. The SMILES string of the molecule is CN(C)c1ccc(Cc2ccc(N(C)C)cc2Br)c(Br)c1.CN(C)c1ccc2c(c1)C(C)(C)c1cc(N(C)C)ccc1C2.CN(C)c1ccc2c(c1)C(C)(C)c1cc(N(C)C)ccc1C2=O.CN(C)c1cccc(Br)c1. The maximum atomic E-state index is 12.9. The molecular formula is C65H80Br3N7O. The molecule has 0 spiro atoms. The molecule has 402 valence electrons. The first-order chi connectivity index (χ1) is 35.6. The van der Waals surface area contributed by atoms with Gasteiger partial charge in [0, 0.05) is 174 Å². The number of hydrogen-bond donors (Lipinski definition) is 0. The zero-order valence-electron chi connectivity index (χ0n) is 48.3. The summed E-state index contributed by atoms with van der Waals surface area (Å²) in [5, 5.41) is 0. The van der Waals surface area contributed by atoms with Crippen LogP contribution >= 0.6 is 47.8 Å². The van der Waals surface area contributed by atoms with Gasteiger partial charge in [-0.15, -0.1) is 0 Å². The monoisotopic (exact) mass is 1210 g/mol. The molecule has 7 aromatic carbocycles. The Labute approximate surface area is 481 Å². The largest absolute Gasteiger partial charge is 0.378 e. The van der Waals surface area contributed by atoms with Crippen LogP contribution in [0.4, 0.5) is 39.8 Å². The van der Waals surface area contributed by atoms with Crippen molar-refractivity contribution in [2.45, 2.75) is 51.4 Å². The average Bonchev–Trinajstić information content (AvgIpc) is 3.36. The lowest BCUT2D eigenvalue weighted by Gasteiger charge is -2.36. The van der Waals surface area contributed by atoms with Gasteiger partial charge in [-0.2, -0.15) is 0 Å². The Morgan fingerprint density at radius 1 is 0.368 bits per heavy atom. The van der Waals surface area contributed by atoms with Gasteiger partial charge in [0.25, 0.3) is 0 Å². The Kier molecular flexibility index (Phi) is 19.3. The molecule has 0 amide bonds. The van der Waals surface area contributed by atoms with E-state index in [1.54, 1.807) is 0 Å². The molecule has 76 heavy (non-hydrogen) atoms. The number of hydrogen-bond acceptors (Lipinski definition) is 8. The van der Waals surface area contributed by atoms with Crippen molar-refractivity contribution in [1.29, 1.82) is 0 Å². The summed E-state index contributed by atoms with van der Waals surface area (Å²) < 4.78 is 3.42. The summed E-state index contributed by atoms with van der Waals surface area (Å²) in [6, 6.07) is 47.3. The summed E-state index contributed by atoms with van der Waals surface area (Å²) in [6.45, 7) is 9.11. The van der Waals surface area contributed by atoms with E-state index >= 15 is 0 Å². The minimum Gasteiger partial charge on any atom is -0.378 e. The Bertz CT molecular complexity index is 2990. The molecule has 0 fully saturated rings. The second-order valence-corrected chi connectivity index (χ2v) is 25.0. The van der Waals surface area contributed by atoms with Gasteiger partial charge in [-0.05, 0) is 160 Å². The van der Waals surface area contributed by atoms with E-state index in [1.807, 2.05) is 78.7 Å². The van der Waals surface area contributed by atoms with Crippen molar-refractivity contribution in [2.24, 2.45) is 0 Å². The van der Waals surface area contributed by atoms with Gasteiger partial charge in [0.05, 0.1) is 0 Å². The van der Waals surface area contributed by atoms with E-state index < -0.39 is 0 Å². The Morgan fingerprint density at radius 3 is 1.00 bits per heavy atom. The Morgan fingerprint density at radius 2 is 0.671 bits per heavy atom. The summed E-state index contributed by atoms with van der Waals surface area (Å²) in [5.74, 6) is 0.130. The van der Waals surface area contributed by atoms with Crippen molar-refractivity contribution in [3.8, 4) is 0 Å². The van der Waals surface area contributed by atoms with Crippen molar-refractivity contribution >= 4 is 93.4 Å². The summed E-state index contributed by atoms with van der Waals surface area (Å²) in [4.78, 5) is 27.7. The molecule has 0 N–H and O–H groups in total. The lowest BCUT2D eigenvalue weighted by molar-refractivity contribution is 0.103. The van der Waals surface area contributed by atoms with Crippen LogP contribution in [0.2, 0.25) is 0 Å².